The van der Waals surface area contributed by atoms with Crippen molar-refractivity contribution in [3.05, 3.63) is 100.0 Å². The van der Waals surface area contributed by atoms with Crippen molar-refractivity contribution in [2.75, 3.05) is 56.8 Å². The monoisotopic (exact) mass is 976 g/mol. The Hall–Kier alpha value is -5.61. The molecule has 4 aliphatic rings. The van der Waals surface area contributed by atoms with Crippen molar-refractivity contribution in [2.24, 2.45) is 0 Å². The van der Waals surface area contributed by atoms with Crippen molar-refractivity contribution in [3.63, 3.8) is 0 Å². The van der Waals surface area contributed by atoms with Gasteiger partial charge in [-0.1, -0.05) is 35.9 Å². The van der Waals surface area contributed by atoms with Crippen LogP contribution in [0.2, 0.25) is 5.02 Å². The lowest BCUT2D eigenvalue weighted by Gasteiger charge is -2.33. The van der Waals surface area contributed by atoms with Crippen molar-refractivity contribution in [1.82, 2.24) is 19.8 Å². The first-order valence-corrected chi connectivity index (χ1v) is 23.9. The van der Waals surface area contributed by atoms with Crippen molar-refractivity contribution < 1.29 is 45.7 Å². The molecule has 9 rings (SSSR count). The highest BCUT2D eigenvalue weighted by Crippen LogP contribution is 2.51. The molecule has 17 heteroatoms. The van der Waals surface area contributed by atoms with Gasteiger partial charge in [0.25, 0.3) is 0 Å². The number of ether oxygens (including phenoxy) is 4. The van der Waals surface area contributed by atoms with Gasteiger partial charge in [-0.05, 0) is 119 Å². The number of fused-ring (bicyclic) bond motifs is 4. The summed E-state index contributed by atoms with van der Waals surface area (Å²) in [4.78, 5) is 30.5. The zero-order valence-corrected chi connectivity index (χ0v) is 40.5. The molecule has 2 bridgehead atoms. The van der Waals surface area contributed by atoms with E-state index >= 15 is 17.6 Å². The summed E-state index contributed by atoms with van der Waals surface area (Å²) >= 11 is 7.47. The van der Waals surface area contributed by atoms with Gasteiger partial charge in [0.15, 0.2) is 5.82 Å². The summed E-state index contributed by atoms with van der Waals surface area (Å²) in [5.74, 6) is 0.205. The summed E-state index contributed by atoms with van der Waals surface area (Å²) < 4.78 is 103. The second-order valence-corrected chi connectivity index (χ2v) is 20.3. The Morgan fingerprint density at radius 2 is 1.57 bits per heavy atom. The zero-order valence-electron chi connectivity index (χ0n) is 39.8. The van der Waals surface area contributed by atoms with Crippen molar-refractivity contribution in [1.29, 1.82) is 0 Å². The van der Waals surface area contributed by atoms with Gasteiger partial charge in [0.2, 0.25) is 0 Å². The lowest BCUT2D eigenvalue weighted by atomic mass is 9.92. The number of halogens is 6. The molecule has 4 atom stereocenters. The normalized spacial score (nSPS) is 21.7. The number of carbonyl (C=O) groups excluding carboxylic acids is 1. The van der Waals surface area contributed by atoms with Gasteiger partial charge >= 0.3 is 18.3 Å². The van der Waals surface area contributed by atoms with Gasteiger partial charge in [-0.25, -0.2) is 18.6 Å². The van der Waals surface area contributed by atoms with E-state index < -0.39 is 52.1 Å². The number of aryl methyl sites for hydroxylation is 1. The molecule has 5 heterocycles. The van der Waals surface area contributed by atoms with E-state index in [1.165, 1.54) is 25.3 Å². The molecule has 4 saturated heterocycles. The van der Waals surface area contributed by atoms with Gasteiger partial charge < -0.3 is 33.6 Å². The fourth-order valence-electron chi connectivity index (χ4n) is 11.0. The highest BCUT2D eigenvalue weighted by atomic mass is 35.5. The van der Waals surface area contributed by atoms with Gasteiger partial charge in [0, 0.05) is 73.6 Å². The molecule has 0 radical (unpaired) electrons. The van der Waals surface area contributed by atoms with Crippen LogP contribution in [-0.4, -0.2) is 102 Å². The topological polar surface area (TPSA) is 92.7 Å². The number of benzene rings is 4. The van der Waals surface area contributed by atoms with Crippen LogP contribution >= 0.6 is 11.6 Å². The minimum absolute atomic E-state index is 0.0568. The van der Waals surface area contributed by atoms with Crippen LogP contribution < -0.4 is 24.0 Å². The average molecular weight is 978 g/mol. The molecular weight excluding hydrogens is 919 g/mol. The Balaban J connectivity index is 1.20. The minimum atomic E-state index is -4.95. The molecule has 4 aliphatic heterocycles. The molecule has 0 saturated carbocycles. The van der Waals surface area contributed by atoms with Gasteiger partial charge in [-0.15, -0.1) is 0 Å². The molecule has 69 heavy (non-hydrogen) atoms. The number of carbonyl (C=O) groups is 1. The summed E-state index contributed by atoms with van der Waals surface area (Å²) in [6.07, 6.45) is -1.27. The third kappa shape index (κ3) is 9.80. The van der Waals surface area contributed by atoms with E-state index in [2.05, 4.69) is 14.9 Å². The zero-order chi connectivity index (χ0) is 49.0. The molecule has 0 aliphatic carbocycles. The Bertz CT molecular complexity index is 2650. The lowest BCUT2D eigenvalue weighted by Crippen LogP contribution is -2.45. The predicted octanol–water partition coefficient (Wildman–Crippen LogP) is 11.6. The Kier molecular flexibility index (Phi) is 13.3. The number of methoxy groups -OCH3 is 2. The first-order valence-electron chi connectivity index (χ1n) is 23.5. The number of rotatable bonds is 12. The maximum Gasteiger partial charge on any atom is 0.417 e. The maximum absolute atomic E-state index is 18.0. The quantitative estimate of drug-likeness (QED) is 0.113. The van der Waals surface area contributed by atoms with Crippen LogP contribution in [0.3, 0.4) is 0 Å². The number of amides is 1. The van der Waals surface area contributed by atoms with Gasteiger partial charge in [0.05, 0.1) is 42.1 Å². The van der Waals surface area contributed by atoms with Crippen LogP contribution in [0.15, 0.2) is 66.9 Å². The Morgan fingerprint density at radius 1 is 0.913 bits per heavy atom. The molecule has 0 unspecified atom stereocenters. The maximum atomic E-state index is 18.0. The minimum Gasteiger partial charge on any atom is -0.497 e. The SMILES string of the molecule is COc1ccc(CN(Cc2ccc(OC)cc2)c2cc(C)c(C(F)(F)F)c(-c3c(Cl)c(N4CC[C@H]5CC[C@@H](C4)N5C(=O)OC(C)(C)C)c4cnc(OC[C@@]56CCCN5C[C@H](F)C6)nc4c3F)c2)cc1. The Morgan fingerprint density at radius 3 is 2.19 bits per heavy atom. The van der Waals surface area contributed by atoms with E-state index in [1.54, 1.807) is 39.9 Å². The summed E-state index contributed by atoms with van der Waals surface area (Å²) in [6, 6.07) is 16.9. The van der Waals surface area contributed by atoms with E-state index in [1.807, 2.05) is 58.3 Å². The number of hydrogen-bond acceptors (Lipinski definition) is 10. The summed E-state index contributed by atoms with van der Waals surface area (Å²) in [5, 5.41) is -0.0826. The fraction of sp³-hybridized carbons (Fsp3) is 0.481. The van der Waals surface area contributed by atoms with E-state index in [9.17, 15) is 9.18 Å². The van der Waals surface area contributed by atoms with Crippen LogP contribution in [0, 0.1) is 12.7 Å². The van der Waals surface area contributed by atoms with Crippen molar-refractivity contribution in [2.45, 2.75) is 115 Å². The van der Waals surface area contributed by atoms with Crippen molar-refractivity contribution in [3.8, 4) is 28.6 Å². The summed E-state index contributed by atoms with van der Waals surface area (Å²) in [7, 11) is 3.13. The van der Waals surface area contributed by atoms with Crippen LogP contribution in [0.4, 0.5) is 38.1 Å². The van der Waals surface area contributed by atoms with Crippen LogP contribution in [-0.2, 0) is 24.0 Å². The third-order valence-electron chi connectivity index (χ3n) is 14.1. The Labute approximate surface area is 404 Å². The number of aromatic nitrogens is 2. The molecule has 4 aromatic carbocycles. The number of hydrogen-bond donors (Lipinski definition) is 0. The highest BCUT2D eigenvalue weighted by Gasteiger charge is 2.50. The largest absolute Gasteiger partial charge is 0.497 e. The third-order valence-corrected chi connectivity index (χ3v) is 14.5. The summed E-state index contributed by atoms with van der Waals surface area (Å²) in [5.41, 5.74) is -1.41. The van der Waals surface area contributed by atoms with E-state index in [0.717, 1.165) is 30.5 Å². The molecule has 0 spiro atoms. The average Bonchev–Trinajstić information content (AvgIpc) is 3.93. The van der Waals surface area contributed by atoms with Crippen LogP contribution in [0.1, 0.15) is 81.5 Å². The van der Waals surface area contributed by atoms with Gasteiger partial charge in [-0.2, -0.15) is 18.2 Å². The van der Waals surface area contributed by atoms with E-state index in [4.69, 9.17) is 30.5 Å². The van der Waals surface area contributed by atoms with Crippen molar-refractivity contribution >= 4 is 40.0 Å². The standard InChI is InChI=1S/C52H58ClF5N6O5/c1-31-22-37(62(26-32-8-14-38(66-5)15-9-32)27-33-10-16-39(67-6)17-11-33)23-40(43(31)52(56,57)58)42-44(53)47(61-21-18-35-12-13-36(29-61)64(35)49(65)69-50(2,3)4)41-25-59-48(60-46(41)45(42)55)68-30-51-19-7-20-63(51)28-34(54)24-51/h8-11,14-17,22-23,25,34-36H,7,12-13,18-21,24,26-30H2,1-6H3/t34-,35-,36+,51+/m1/s1. The fourth-order valence-corrected chi connectivity index (χ4v) is 11.4. The molecule has 1 aromatic heterocycles. The van der Waals surface area contributed by atoms with Crippen LogP contribution in [0.5, 0.6) is 17.5 Å². The number of alkyl halides is 4. The first kappa shape index (κ1) is 48.4. The molecule has 4 fully saturated rings. The molecule has 5 aromatic rings. The predicted molar refractivity (Wildman–Crippen MR) is 256 cm³/mol. The molecule has 11 nitrogen and oxygen atoms in total. The molecular formula is C52H58ClF5N6O5. The van der Waals surface area contributed by atoms with Gasteiger partial charge in [0.1, 0.15) is 35.4 Å². The van der Waals surface area contributed by atoms with Gasteiger partial charge in [-0.3, -0.25) is 4.90 Å². The molecule has 368 valence electrons. The molecule has 1 amide bonds. The second kappa shape index (κ2) is 19.0. The van der Waals surface area contributed by atoms with Crippen LogP contribution in [0.25, 0.3) is 22.0 Å². The highest BCUT2D eigenvalue weighted by molar-refractivity contribution is 6.38. The summed E-state index contributed by atoms with van der Waals surface area (Å²) in [6.45, 7) is 8.96. The first-order chi connectivity index (χ1) is 32.8. The lowest BCUT2D eigenvalue weighted by molar-refractivity contribution is -0.137. The smallest absolute Gasteiger partial charge is 0.417 e. The van der Waals surface area contributed by atoms with E-state index in [0.29, 0.717) is 49.5 Å². The molecule has 0 N–H and O–H groups in total. The number of nitrogens with zero attached hydrogens (tertiary/aromatic N) is 6. The van der Waals surface area contributed by atoms with E-state index in [-0.39, 0.29) is 77.9 Å². The second-order valence-electron chi connectivity index (χ2n) is 19.9. The number of anilines is 2.